The summed E-state index contributed by atoms with van der Waals surface area (Å²) in [7, 11) is 0. The summed E-state index contributed by atoms with van der Waals surface area (Å²) in [5.74, 6) is 2.57. The Morgan fingerprint density at radius 1 is 1.13 bits per heavy atom. The summed E-state index contributed by atoms with van der Waals surface area (Å²) in [6.45, 7) is 7.16. The number of ether oxygens (including phenoxy) is 1. The van der Waals surface area contributed by atoms with Gasteiger partial charge in [0.2, 0.25) is 0 Å². The first-order valence-electron chi connectivity index (χ1n) is 11.2. The van der Waals surface area contributed by atoms with Crippen LogP contribution in [0.15, 0.2) is 30.9 Å². The maximum Gasteiger partial charge on any atom is 0.252 e. The smallest absolute Gasteiger partial charge is 0.252 e. The number of nitrogens with zero attached hydrogens (tertiary/aromatic N) is 6. The lowest BCUT2D eigenvalue weighted by Gasteiger charge is -2.35. The molecule has 1 N–H and O–H groups in total. The number of rotatable bonds is 6. The number of aryl methyl sites for hydroxylation is 3. The van der Waals surface area contributed by atoms with Gasteiger partial charge in [0.1, 0.15) is 18.2 Å². The largest absolute Gasteiger partial charge is 0.486 e. The van der Waals surface area contributed by atoms with Crippen LogP contribution in [-0.4, -0.2) is 66.4 Å². The number of aliphatic hydroxyl groups is 1. The summed E-state index contributed by atoms with van der Waals surface area (Å²) < 4.78 is 7.94. The van der Waals surface area contributed by atoms with E-state index in [9.17, 15) is 5.11 Å². The van der Waals surface area contributed by atoms with E-state index in [1.807, 2.05) is 38.4 Å². The van der Waals surface area contributed by atoms with E-state index in [0.717, 1.165) is 62.5 Å². The molecule has 4 heterocycles. The Morgan fingerprint density at radius 3 is 2.81 bits per heavy atom. The van der Waals surface area contributed by atoms with Gasteiger partial charge in [0.05, 0.1) is 11.8 Å². The van der Waals surface area contributed by atoms with Crippen molar-refractivity contribution in [3.8, 4) is 5.75 Å². The molecule has 1 saturated carbocycles. The van der Waals surface area contributed by atoms with Gasteiger partial charge in [0, 0.05) is 31.2 Å². The molecule has 0 aromatic carbocycles. The zero-order chi connectivity index (χ0) is 21.4. The van der Waals surface area contributed by atoms with Crippen molar-refractivity contribution in [1.29, 1.82) is 0 Å². The fourth-order valence-corrected chi connectivity index (χ4v) is 5.15. The van der Waals surface area contributed by atoms with Crippen molar-refractivity contribution in [2.45, 2.75) is 51.7 Å². The number of aromatic nitrogens is 5. The van der Waals surface area contributed by atoms with E-state index in [0.29, 0.717) is 17.6 Å². The molecule has 0 amide bonds. The number of aliphatic hydroxyl groups excluding tert-OH is 1. The van der Waals surface area contributed by atoms with Crippen LogP contribution in [0, 0.1) is 25.7 Å². The molecule has 8 nitrogen and oxygen atoms in total. The third-order valence-electron chi connectivity index (χ3n) is 6.74. The van der Waals surface area contributed by atoms with Crippen LogP contribution in [0.2, 0.25) is 0 Å². The SMILES string of the molecule is Cc1ccc(O[C@@H]2C[C@@H]3CN(CCCc4cnc5ncnn5c4)C[C@@H]3C[C@H]2O)c(C)n1. The Kier molecular flexibility index (Phi) is 5.58. The molecule has 1 saturated heterocycles. The van der Waals surface area contributed by atoms with Crippen LogP contribution in [-0.2, 0) is 6.42 Å². The second-order valence-corrected chi connectivity index (χ2v) is 9.08. The highest BCUT2D eigenvalue weighted by Crippen LogP contribution is 2.38. The van der Waals surface area contributed by atoms with E-state index in [2.05, 4.69) is 25.0 Å². The first-order valence-corrected chi connectivity index (χ1v) is 11.2. The standard InChI is InChI=1S/C23H30N6O2/c1-15-5-6-21(16(2)27-15)31-22-9-19-13-28(12-18(19)8-20(22)30)7-3-4-17-10-24-23-25-14-26-29(23)11-17/h5-6,10-11,14,18-20,22,30H,3-4,7-9,12-13H2,1-2H3/t18-,19+,20+,22+/m0/s1. The maximum absolute atomic E-state index is 10.7. The molecule has 8 heteroatoms. The van der Waals surface area contributed by atoms with Crippen LogP contribution in [0.1, 0.15) is 36.2 Å². The summed E-state index contributed by atoms with van der Waals surface area (Å²) in [5, 5.41) is 14.9. The summed E-state index contributed by atoms with van der Waals surface area (Å²) in [4.78, 5) is 15.5. The van der Waals surface area contributed by atoms with E-state index >= 15 is 0 Å². The third-order valence-corrected chi connectivity index (χ3v) is 6.74. The molecule has 1 aliphatic heterocycles. The second kappa shape index (κ2) is 8.51. The molecule has 3 aromatic heterocycles. The van der Waals surface area contributed by atoms with Gasteiger partial charge in [-0.1, -0.05) is 0 Å². The highest BCUT2D eigenvalue weighted by molar-refractivity contribution is 5.28. The van der Waals surface area contributed by atoms with E-state index in [4.69, 9.17) is 4.74 Å². The van der Waals surface area contributed by atoms with Gasteiger partial charge in [0.15, 0.2) is 0 Å². The van der Waals surface area contributed by atoms with Gasteiger partial charge in [-0.2, -0.15) is 10.1 Å². The van der Waals surface area contributed by atoms with E-state index < -0.39 is 6.10 Å². The Bertz CT molecular complexity index is 1050. The molecule has 2 fully saturated rings. The fraction of sp³-hybridized carbons (Fsp3) is 0.565. The van der Waals surface area contributed by atoms with Gasteiger partial charge in [0.25, 0.3) is 5.78 Å². The number of likely N-dealkylation sites (tertiary alicyclic amines) is 1. The predicted molar refractivity (Wildman–Crippen MR) is 116 cm³/mol. The summed E-state index contributed by atoms with van der Waals surface area (Å²) in [6, 6.07) is 3.94. The number of hydrogen-bond donors (Lipinski definition) is 1. The first-order chi connectivity index (χ1) is 15.0. The van der Waals surface area contributed by atoms with Crippen molar-refractivity contribution < 1.29 is 9.84 Å². The van der Waals surface area contributed by atoms with Gasteiger partial charge in [-0.15, -0.1) is 0 Å². The topological polar surface area (TPSA) is 88.7 Å². The van der Waals surface area contributed by atoms with E-state index in [1.54, 1.807) is 4.52 Å². The zero-order valence-corrected chi connectivity index (χ0v) is 18.2. The van der Waals surface area contributed by atoms with E-state index in [1.165, 1.54) is 11.9 Å². The van der Waals surface area contributed by atoms with Crippen molar-refractivity contribution in [2.75, 3.05) is 19.6 Å². The highest BCUT2D eigenvalue weighted by atomic mass is 16.5. The van der Waals surface area contributed by atoms with E-state index in [-0.39, 0.29) is 6.10 Å². The van der Waals surface area contributed by atoms with Gasteiger partial charge in [-0.3, -0.25) is 4.98 Å². The quantitative estimate of drug-likeness (QED) is 0.652. The van der Waals surface area contributed by atoms with Crippen LogP contribution in [0.3, 0.4) is 0 Å². The van der Waals surface area contributed by atoms with Crippen molar-refractivity contribution in [3.05, 3.63) is 47.8 Å². The minimum absolute atomic E-state index is 0.148. The van der Waals surface area contributed by atoms with Crippen molar-refractivity contribution in [3.63, 3.8) is 0 Å². The average molecular weight is 423 g/mol. The average Bonchev–Trinajstić information content (AvgIpc) is 3.36. The summed E-state index contributed by atoms with van der Waals surface area (Å²) >= 11 is 0. The van der Waals surface area contributed by atoms with Gasteiger partial charge in [-0.05, 0) is 75.6 Å². The molecule has 0 unspecified atom stereocenters. The predicted octanol–water partition coefficient (Wildman–Crippen LogP) is 2.22. The summed E-state index contributed by atoms with van der Waals surface area (Å²) in [6.07, 6.45) is 8.65. The summed E-state index contributed by atoms with van der Waals surface area (Å²) in [5.41, 5.74) is 3.05. The molecular weight excluding hydrogens is 392 g/mol. The Balaban J connectivity index is 1.14. The number of fused-ring (bicyclic) bond motifs is 2. The van der Waals surface area contributed by atoms with Crippen molar-refractivity contribution in [1.82, 2.24) is 29.5 Å². The molecule has 0 bridgehead atoms. The molecular formula is C23H30N6O2. The minimum Gasteiger partial charge on any atom is -0.486 e. The van der Waals surface area contributed by atoms with Crippen LogP contribution in [0.25, 0.3) is 5.78 Å². The molecule has 164 valence electrons. The lowest BCUT2D eigenvalue weighted by atomic mass is 9.78. The van der Waals surface area contributed by atoms with Crippen molar-refractivity contribution in [2.24, 2.45) is 11.8 Å². The second-order valence-electron chi connectivity index (χ2n) is 9.08. The van der Waals surface area contributed by atoms with Gasteiger partial charge >= 0.3 is 0 Å². The maximum atomic E-state index is 10.7. The fourth-order valence-electron chi connectivity index (χ4n) is 5.15. The first kappa shape index (κ1) is 20.3. The monoisotopic (exact) mass is 422 g/mol. The molecule has 2 aliphatic rings. The highest BCUT2D eigenvalue weighted by Gasteiger charge is 2.42. The molecule has 0 spiro atoms. The Hall–Kier alpha value is -2.58. The third kappa shape index (κ3) is 4.41. The normalized spacial score (nSPS) is 26.3. The molecule has 5 rings (SSSR count). The van der Waals surface area contributed by atoms with Crippen molar-refractivity contribution >= 4 is 5.78 Å². The Labute approximate surface area is 182 Å². The van der Waals surface area contributed by atoms with Crippen LogP contribution >= 0.6 is 0 Å². The van der Waals surface area contributed by atoms with Crippen LogP contribution in [0.5, 0.6) is 5.75 Å². The van der Waals surface area contributed by atoms with Gasteiger partial charge < -0.3 is 14.7 Å². The lowest BCUT2D eigenvalue weighted by Crippen LogP contribution is -2.42. The number of hydrogen-bond acceptors (Lipinski definition) is 7. The minimum atomic E-state index is -0.414. The Morgan fingerprint density at radius 2 is 1.97 bits per heavy atom. The molecule has 31 heavy (non-hydrogen) atoms. The molecule has 4 atom stereocenters. The number of pyridine rings is 1. The molecule has 1 aliphatic carbocycles. The lowest BCUT2D eigenvalue weighted by molar-refractivity contribution is -0.0236. The van der Waals surface area contributed by atoms with Crippen LogP contribution < -0.4 is 4.74 Å². The zero-order valence-electron chi connectivity index (χ0n) is 18.2. The van der Waals surface area contributed by atoms with Crippen LogP contribution in [0.4, 0.5) is 0 Å². The molecule has 3 aromatic rings. The van der Waals surface area contributed by atoms with Gasteiger partial charge in [-0.25, -0.2) is 9.50 Å². The molecule has 0 radical (unpaired) electrons.